The van der Waals surface area contributed by atoms with Gasteiger partial charge in [-0.05, 0) is 0 Å². The van der Waals surface area contributed by atoms with Crippen LogP contribution in [-0.2, 0) is 9.36 Å². The van der Waals surface area contributed by atoms with E-state index in [1.807, 2.05) is 6.08 Å². The van der Waals surface area contributed by atoms with Gasteiger partial charge in [0.05, 0.1) is 0 Å². The molecule has 1 radical (unpaired) electrons. The van der Waals surface area contributed by atoms with E-state index in [1.165, 1.54) is 0 Å². The van der Waals surface area contributed by atoms with Crippen molar-refractivity contribution in [3.8, 4) is 5.75 Å². The fourth-order valence-corrected chi connectivity index (χ4v) is 3.17. The normalized spacial score (nSPS) is 13.8. The number of benzene rings is 1. The number of hydrogen-bond donors (Lipinski definition) is 0. The van der Waals surface area contributed by atoms with Crippen LogP contribution in [0.15, 0.2) is 41.8 Å². The molecule has 1 atom stereocenters. The van der Waals surface area contributed by atoms with Crippen molar-refractivity contribution in [2.45, 2.75) is 30.6 Å². The van der Waals surface area contributed by atoms with Crippen molar-refractivity contribution in [1.82, 2.24) is 0 Å². The molecule has 0 fully saturated rings. The Morgan fingerprint density at radius 2 is 1.94 bits per heavy atom. The Morgan fingerprint density at radius 3 is 2.50 bits per heavy atom. The van der Waals surface area contributed by atoms with E-state index in [0.29, 0.717) is 10.6 Å². The molecule has 1 aromatic rings. The van der Waals surface area contributed by atoms with Crippen molar-refractivity contribution in [2.24, 2.45) is 0 Å². The molecule has 97 valence electrons. The van der Waals surface area contributed by atoms with Crippen molar-refractivity contribution >= 4 is 16.1 Å². The Labute approximate surface area is 111 Å². The molecule has 0 aliphatic heterocycles. The van der Waals surface area contributed by atoms with Gasteiger partial charge in [0, 0.05) is 0 Å². The van der Waals surface area contributed by atoms with E-state index in [9.17, 15) is 4.21 Å². The van der Waals surface area contributed by atoms with E-state index >= 15 is 0 Å². The van der Waals surface area contributed by atoms with E-state index in [4.69, 9.17) is 11.5 Å². The van der Waals surface area contributed by atoms with Gasteiger partial charge in [-0.25, -0.2) is 0 Å². The zero-order valence-corrected chi connectivity index (χ0v) is 11.7. The molecule has 0 aromatic heterocycles. The molecule has 1 aromatic carbocycles. The van der Waals surface area contributed by atoms with Gasteiger partial charge in [0.15, 0.2) is 0 Å². The van der Waals surface area contributed by atoms with Crippen LogP contribution >= 0.6 is 0 Å². The first-order chi connectivity index (χ1) is 8.60. The molecule has 0 bridgehead atoms. The second kappa shape index (κ2) is 7.42. The Balaban J connectivity index is 2.54. The summed E-state index contributed by atoms with van der Waals surface area (Å²) in [5.41, 5.74) is 0. The molecule has 0 heterocycles. The van der Waals surface area contributed by atoms with Gasteiger partial charge in [-0.2, -0.15) is 0 Å². The van der Waals surface area contributed by atoms with Crippen LogP contribution < -0.4 is 4.74 Å². The van der Waals surface area contributed by atoms with Gasteiger partial charge in [-0.1, -0.05) is 0 Å². The monoisotopic (exact) mass is 263 g/mol. The average Bonchev–Trinajstić information content (AvgIpc) is 2.38. The van der Waals surface area contributed by atoms with Crippen molar-refractivity contribution in [2.75, 3.05) is 12.9 Å². The number of rotatable bonds is 8. The quantitative estimate of drug-likeness (QED) is 0.409. The molecule has 18 heavy (non-hydrogen) atoms. The maximum absolute atomic E-state index is 12.3. The van der Waals surface area contributed by atoms with Crippen LogP contribution in [0.5, 0.6) is 5.75 Å². The van der Waals surface area contributed by atoms with Crippen LogP contribution in [0.25, 0.3) is 0 Å². The summed E-state index contributed by atoms with van der Waals surface area (Å²) in [6, 6.07) is 7.15. The van der Waals surface area contributed by atoms with Crippen molar-refractivity contribution < 1.29 is 8.95 Å². The third kappa shape index (κ3) is 4.69. The molecule has 4 heteroatoms. The molecule has 2 nitrogen and oxygen atoms in total. The van der Waals surface area contributed by atoms with Gasteiger partial charge >= 0.3 is 111 Å². The molecular formula is C14H20BO2S. The SMILES string of the molecule is [B]=S(=O)(CCCCCC=C)c1ccc(OC)cc1. The molecule has 0 spiro atoms. The van der Waals surface area contributed by atoms with Crippen LogP contribution in [0.4, 0.5) is 0 Å². The second-order valence-corrected chi connectivity index (χ2v) is 6.58. The van der Waals surface area contributed by atoms with Crippen molar-refractivity contribution in [3.63, 3.8) is 0 Å². The fraction of sp³-hybridized carbons (Fsp3) is 0.429. The van der Waals surface area contributed by atoms with E-state index in [1.54, 1.807) is 31.4 Å². The number of unbranched alkanes of at least 4 members (excludes halogenated alkanes) is 3. The second-order valence-electron chi connectivity index (χ2n) is 4.24. The molecular weight excluding hydrogens is 243 g/mol. The number of ether oxygens (including phenoxy) is 1. The first-order valence-electron chi connectivity index (χ1n) is 6.15. The van der Waals surface area contributed by atoms with E-state index in [-0.39, 0.29) is 0 Å². The van der Waals surface area contributed by atoms with Crippen LogP contribution in [0.1, 0.15) is 25.7 Å². The summed E-state index contributed by atoms with van der Waals surface area (Å²) in [5.74, 6) is 1.29. The number of hydrogen-bond acceptors (Lipinski definition) is 2. The van der Waals surface area contributed by atoms with Crippen molar-refractivity contribution in [3.05, 3.63) is 36.9 Å². The zero-order chi connectivity index (χ0) is 13.4. The predicted molar refractivity (Wildman–Crippen MR) is 78.7 cm³/mol. The molecule has 0 aliphatic carbocycles. The van der Waals surface area contributed by atoms with Crippen LogP contribution in [0.2, 0.25) is 0 Å². The first kappa shape index (κ1) is 15.0. The Morgan fingerprint density at radius 1 is 1.28 bits per heavy atom. The van der Waals surface area contributed by atoms with Gasteiger partial charge in [-0.3, -0.25) is 0 Å². The number of allylic oxidation sites excluding steroid dienone is 1. The zero-order valence-electron chi connectivity index (χ0n) is 10.9. The predicted octanol–water partition coefficient (Wildman–Crippen LogP) is 3.17. The molecule has 0 N–H and O–H groups in total. The van der Waals surface area contributed by atoms with Gasteiger partial charge < -0.3 is 0 Å². The molecule has 1 unspecified atom stereocenters. The molecule has 0 saturated heterocycles. The van der Waals surface area contributed by atoms with Gasteiger partial charge in [0.1, 0.15) is 0 Å². The van der Waals surface area contributed by atoms with E-state index in [0.717, 1.165) is 31.4 Å². The molecule has 1 rings (SSSR count). The molecule has 0 aliphatic rings. The fourth-order valence-electron chi connectivity index (χ4n) is 1.71. The van der Waals surface area contributed by atoms with Gasteiger partial charge in [-0.15, -0.1) is 0 Å². The average molecular weight is 263 g/mol. The van der Waals surface area contributed by atoms with Gasteiger partial charge in [0.25, 0.3) is 0 Å². The van der Waals surface area contributed by atoms with E-state index in [2.05, 4.69) is 6.58 Å². The summed E-state index contributed by atoms with van der Waals surface area (Å²) in [5, 5.41) is 0. The standard InChI is InChI=1S/C14H20BO2S/c1-3-4-5-6-7-12-18(15,16)14-10-8-13(17-2)9-11-14/h3,8-11H,1,4-7,12H2,2H3. The summed E-state index contributed by atoms with van der Waals surface area (Å²) >= 11 is 0. The summed E-state index contributed by atoms with van der Waals surface area (Å²) in [6.45, 7) is 9.59. The Hall–Kier alpha value is -1.03. The maximum atomic E-state index is 12.3. The minimum atomic E-state index is -2.40. The summed E-state index contributed by atoms with van der Waals surface area (Å²) in [6.07, 6.45) is 5.92. The van der Waals surface area contributed by atoms with E-state index < -0.39 is 9.36 Å². The van der Waals surface area contributed by atoms with Crippen LogP contribution in [0.3, 0.4) is 0 Å². The first-order valence-corrected chi connectivity index (χ1v) is 7.94. The third-order valence-electron chi connectivity index (χ3n) is 2.81. The minimum absolute atomic E-state index is 0.538. The summed E-state index contributed by atoms with van der Waals surface area (Å²) < 4.78 is 17.4. The van der Waals surface area contributed by atoms with Gasteiger partial charge in [0.2, 0.25) is 0 Å². The summed E-state index contributed by atoms with van der Waals surface area (Å²) in [4.78, 5) is 0.701. The number of methoxy groups -OCH3 is 1. The molecule has 0 amide bonds. The third-order valence-corrected chi connectivity index (χ3v) is 4.78. The molecule has 0 saturated carbocycles. The summed E-state index contributed by atoms with van der Waals surface area (Å²) in [7, 11) is -0.798. The van der Waals surface area contributed by atoms with Crippen LogP contribution in [-0.4, -0.2) is 23.8 Å². The van der Waals surface area contributed by atoms with Crippen LogP contribution in [0, 0.1) is 0 Å². The topological polar surface area (TPSA) is 26.3 Å². The Bertz CT molecular complexity index is 463. The Kier molecular flexibility index (Phi) is 6.20. The van der Waals surface area contributed by atoms with Crippen molar-refractivity contribution in [1.29, 1.82) is 0 Å².